The zero-order chi connectivity index (χ0) is 21.8. The average Bonchev–Trinajstić information content (AvgIpc) is 3.27. The number of aromatic nitrogens is 1. The third-order valence-electron chi connectivity index (χ3n) is 5.61. The molecule has 31 heavy (non-hydrogen) atoms. The van der Waals surface area contributed by atoms with Gasteiger partial charge in [-0.05, 0) is 23.8 Å². The molecule has 5 atom stereocenters. The second kappa shape index (κ2) is 9.78. The summed E-state index contributed by atoms with van der Waals surface area (Å²) in [6.07, 6.45) is 0.961. The number of hydrogen-bond acceptors (Lipinski definition) is 6. The number of carbonyl (C=O) groups is 1. The number of benzene rings is 1. The highest BCUT2D eigenvalue weighted by atomic mass is 19.1. The van der Waals surface area contributed by atoms with Crippen LogP contribution in [-0.2, 0) is 27.4 Å². The van der Waals surface area contributed by atoms with E-state index < -0.39 is 18.3 Å². The summed E-state index contributed by atoms with van der Waals surface area (Å²) >= 11 is 0. The van der Waals surface area contributed by atoms with Crippen molar-refractivity contribution in [3.05, 3.63) is 65.5 Å². The SMILES string of the molecule is O=C(C[C@@H]1C[C@H]2O[C@H](CNCc3ccncc3F)[C@@H](O)[C@H]2O1)NCc1ccc(F)cc1. The van der Waals surface area contributed by atoms with Gasteiger partial charge < -0.3 is 25.2 Å². The second-order valence-corrected chi connectivity index (χ2v) is 7.87. The topological polar surface area (TPSA) is 92.7 Å². The van der Waals surface area contributed by atoms with Gasteiger partial charge in [-0.25, -0.2) is 8.78 Å². The molecule has 0 unspecified atom stereocenters. The van der Waals surface area contributed by atoms with E-state index in [1.165, 1.54) is 18.3 Å². The molecule has 0 aliphatic carbocycles. The van der Waals surface area contributed by atoms with Crippen molar-refractivity contribution in [3.8, 4) is 0 Å². The van der Waals surface area contributed by atoms with Gasteiger partial charge in [-0.15, -0.1) is 0 Å². The lowest BCUT2D eigenvalue weighted by Gasteiger charge is -2.20. The van der Waals surface area contributed by atoms with Crippen LogP contribution in [0.3, 0.4) is 0 Å². The quantitative estimate of drug-likeness (QED) is 0.584. The minimum atomic E-state index is -0.827. The number of pyridine rings is 1. The Morgan fingerprint density at radius 3 is 2.71 bits per heavy atom. The van der Waals surface area contributed by atoms with Gasteiger partial charge in [0, 0.05) is 37.8 Å². The van der Waals surface area contributed by atoms with Crippen LogP contribution in [0, 0.1) is 11.6 Å². The fraction of sp³-hybridized carbons (Fsp3) is 0.455. The molecule has 7 nitrogen and oxygen atoms in total. The van der Waals surface area contributed by atoms with Crippen LogP contribution >= 0.6 is 0 Å². The molecular weight excluding hydrogens is 408 g/mol. The van der Waals surface area contributed by atoms with Gasteiger partial charge in [0.2, 0.25) is 5.91 Å². The molecule has 0 bridgehead atoms. The largest absolute Gasteiger partial charge is 0.388 e. The molecule has 4 rings (SSSR count). The number of halogens is 2. The summed E-state index contributed by atoms with van der Waals surface area (Å²) in [7, 11) is 0. The molecule has 0 saturated carbocycles. The van der Waals surface area contributed by atoms with E-state index in [9.17, 15) is 18.7 Å². The van der Waals surface area contributed by atoms with Crippen LogP contribution in [0.5, 0.6) is 0 Å². The third kappa shape index (κ3) is 5.43. The molecule has 1 aromatic carbocycles. The first-order valence-electron chi connectivity index (χ1n) is 10.3. The number of rotatable bonds is 8. The summed E-state index contributed by atoms with van der Waals surface area (Å²) in [5.41, 5.74) is 1.30. The van der Waals surface area contributed by atoms with Gasteiger partial charge in [-0.1, -0.05) is 12.1 Å². The fourth-order valence-electron chi connectivity index (χ4n) is 3.99. The van der Waals surface area contributed by atoms with Gasteiger partial charge >= 0.3 is 0 Å². The number of nitrogens with zero attached hydrogens (tertiary/aromatic N) is 1. The second-order valence-electron chi connectivity index (χ2n) is 7.87. The van der Waals surface area contributed by atoms with Crippen molar-refractivity contribution >= 4 is 5.91 Å². The van der Waals surface area contributed by atoms with E-state index in [-0.39, 0.29) is 36.2 Å². The summed E-state index contributed by atoms with van der Waals surface area (Å²) in [5, 5.41) is 16.4. The highest BCUT2D eigenvalue weighted by Gasteiger charge is 2.50. The summed E-state index contributed by atoms with van der Waals surface area (Å²) in [5.74, 6) is -0.886. The Morgan fingerprint density at radius 2 is 1.97 bits per heavy atom. The molecular formula is C22H25F2N3O4. The molecule has 2 aliphatic rings. The molecule has 166 valence electrons. The predicted molar refractivity (Wildman–Crippen MR) is 107 cm³/mol. The molecule has 2 aromatic rings. The van der Waals surface area contributed by atoms with Crippen molar-refractivity contribution in [2.45, 2.75) is 56.5 Å². The molecule has 2 fully saturated rings. The van der Waals surface area contributed by atoms with Crippen molar-refractivity contribution in [2.75, 3.05) is 6.54 Å². The first-order valence-corrected chi connectivity index (χ1v) is 10.3. The Labute approximate surface area is 178 Å². The molecule has 2 aliphatic heterocycles. The zero-order valence-electron chi connectivity index (χ0n) is 16.8. The van der Waals surface area contributed by atoms with Crippen LogP contribution < -0.4 is 10.6 Å². The van der Waals surface area contributed by atoms with Crippen molar-refractivity contribution in [1.29, 1.82) is 0 Å². The monoisotopic (exact) mass is 433 g/mol. The fourth-order valence-corrected chi connectivity index (χ4v) is 3.99. The lowest BCUT2D eigenvalue weighted by Crippen LogP contribution is -2.39. The number of aliphatic hydroxyl groups excluding tert-OH is 1. The van der Waals surface area contributed by atoms with E-state index >= 15 is 0 Å². The van der Waals surface area contributed by atoms with E-state index in [1.807, 2.05) is 0 Å². The summed E-state index contributed by atoms with van der Waals surface area (Å²) in [6, 6.07) is 7.53. The number of fused-ring (bicyclic) bond motifs is 1. The molecule has 9 heteroatoms. The van der Waals surface area contributed by atoms with Crippen LogP contribution in [0.4, 0.5) is 8.78 Å². The van der Waals surface area contributed by atoms with Crippen LogP contribution in [0.25, 0.3) is 0 Å². The van der Waals surface area contributed by atoms with Crippen LogP contribution in [0.15, 0.2) is 42.7 Å². The smallest absolute Gasteiger partial charge is 0.222 e. The number of nitrogens with one attached hydrogen (secondary N) is 2. The summed E-state index contributed by atoms with van der Waals surface area (Å²) in [6.45, 7) is 0.958. The molecule has 0 radical (unpaired) electrons. The maximum absolute atomic E-state index is 13.6. The van der Waals surface area contributed by atoms with Crippen LogP contribution in [-0.4, -0.2) is 53.1 Å². The average molecular weight is 433 g/mol. The number of amides is 1. The minimum absolute atomic E-state index is 0.161. The third-order valence-corrected chi connectivity index (χ3v) is 5.61. The molecule has 3 N–H and O–H groups in total. The Kier molecular flexibility index (Phi) is 6.86. The maximum atomic E-state index is 13.6. The number of aliphatic hydroxyl groups is 1. The van der Waals surface area contributed by atoms with Crippen LogP contribution in [0.1, 0.15) is 24.0 Å². The standard InChI is InChI=1S/C22H25F2N3O4/c23-15-3-1-13(2-4-15)9-27-20(28)8-16-7-18-22(30-16)21(29)19(31-18)12-26-10-14-5-6-25-11-17(14)24/h1-6,11,16,18-19,21-22,26,29H,7-10,12H2,(H,27,28)/t16-,18+,19+,21+,22-/m0/s1. The van der Waals surface area contributed by atoms with E-state index in [1.54, 1.807) is 18.2 Å². The Bertz CT molecular complexity index is 899. The van der Waals surface area contributed by atoms with Gasteiger partial charge in [0.05, 0.1) is 30.9 Å². The number of carbonyl (C=O) groups excluding carboxylic acids is 1. The number of ether oxygens (including phenoxy) is 2. The number of hydrogen-bond donors (Lipinski definition) is 3. The molecule has 1 amide bonds. The summed E-state index contributed by atoms with van der Waals surface area (Å²) < 4.78 is 38.3. The lowest BCUT2D eigenvalue weighted by molar-refractivity contribution is -0.124. The van der Waals surface area contributed by atoms with E-state index in [0.29, 0.717) is 31.6 Å². The van der Waals surface area contributed by atoms with Crippen molar-refractivity contribution in [3.63, 3.8) is 0 Å². The molecule has 3 heterocycles. The van der Waals surface area contributed by atoms with Gasteiger partial charge in [-0.2, -0.15) is 0 Å². The Morgan fingerprint density at radius 1 is 1.16 bits per heavy atom. The lowest BCUT2D eigenvalue weighted by atomic mass is 10.1. The van der Waals surface area contributed by atoms with Gasteiger partial charge in [0.25, 0.3) is 0 Å². The van der Waals surface area contributed by atoms with E-state index in [2.05, 4.69) is 15.6 Å². The van der Waals surface area contributed by atoms with Gasteiger partial charge in [0.15, 0.2) is 0 Å². The minimum Gasteiger partial charge on any atom is -0.388 e. The van der Waals surface area contributed by atoms with Gasteiger partial charge in [0.1, 0.15) is 23.8 Å². The first-order chi connectivity index (χ1) is 15.0. The van der Waals surface area contributed by atoms with Gasteiger partial charge in [-0.3, -0.25) is 9.78 Å². The normalized spacial score (nSPS) is 27.3. The molecule has 2 saturated heterocycles. The Balaban J connectivity index is 1.18. The van der Waals surface area contributed by atoms with Crippen molar-refractivity contribution < 1.29 is 28.2 Å². The van der Waals surface area contributed by atoms with Crippen molar-refractivity contribution in [1.82, 2.24) is 15.6 Å². The predicted octanol–water partition coefficient (Wildman–Crippen LogP) is 1.44. The summed E-state index contributed by atoms with van der Waals surface area (Å²) in [4.78, 5) is 15.9. The maximum Gasteiger partial charge on any atom is 0.222 e. The zero-order valence-corrected chi connectivity index (χ0v) is 16.8. The first kappa shape index (κ1) is 21.8. The molecule has 1 aromatic heterocycles. The molecule has 0 spiro atoms. The van der Waals surface area contributed by atoms with Crippen LogP contribution in [0.2, 0.25) is 0 Å². The highest BCUT2D eigenvalue weighted by Crippen LogP contribution is 2.35. The highest BCUT2D eigenvalue weighted by molar-refractivity contribution is 5.76. The Hall–Kier alpha value is -2.46. The van der Waals surface area contributed by atoms with E-state index in [4.69, 9.17) is 9.47 Å². The van der Waals surface area contributed by atoms with E-state index in [0.717, 1.165) is 11.8 Å². The van der Waals surface area contributed by atoms with Crippen molar-refractivity contribution in [2.24, 2.45) is 0 Å².